The van der Waals surface area contributed by atoms with E-state index in [2.05, 4.69) is 0 Å². The molecule has 0 aromatic carbocycles. The fourth-order valence-electron chi connectivity index (χ4n) is 0.289. The minimum Gasteiger partial charge on any atom is -0.636 e. The van der Waals surface area contributed by atoms with Gasteiger partial charge in [0.15, 0.2) is 0 Å². The molecule has 0 bridgehead atoms. The number of hydrogen-bond donors (Lipinski definition) is 0. The molecule has 5 heteroatoms. The van der Waals surface area contributed by atoms with Crippen LogP contribution in [0.2, 0.25) is 0 Å². The Morgan fingerprint density at radius 2 is 1.12 bits per heavy atom. The molecule has 0 heterocycles. The molecule has 0 aliphatic carbocycles. The third-order valence-corrected chi connectivity index (χ3v) is 1.73. The molecule has 0 N–H and O–H groups in total. The predicted octanol–water partition coefficient (Wildman–Crippen LogP) is -3.09. The van der Waals surface area contributed by atoms with Gasteiger partial charge in [-0.05, 0) is 21.3 Å². The van der Waals surface area contributed by atoms with E-state index in [0.717, 1.165) is 0 Å². The van der Waals surface area contributed by atoms with Crippen LogP contribution in [-0.2, 0) is 11.4 Å². The van der Waals surface area contributed by atoms with Gasteiger partial charge >= 0.3 is 44.7 Å². The molecule has 0 atom stereocenters. The van der Waals surface area contributed by atoms with Crippen LogP contribution in [-0.4, -0.2) is 36.5 Å². The maximum absolute atomic E-state index is 4.74. The van der Waals surface area contributed by atoms with E-state index in [-0.39, 0.29) is 29.6 Å². The van der Waals surface area contributed by atoms with E-state index in [1.807, 2.05) is 0 Å². The van der Waals surface area contributed by atoms with Crippen LogP contribution >= 0.6 is 0 Å². The zero-order valence-electron chi connectivity index (χ0n) is 5.80. The average Bonchev–Trinajstić information content (AvgIpc) is 1.72. The molecule has 0 unspecified atom stereocenters. The largest absolute Gasteiger partial charge is 1.00 e. The van der Waals surface area contributed by atoms with Crippen molar-refractivity contribution in [3.63, 3.8) is 0 Å². The molecule has 3 nitrogen and oxygen atoms in total. The normalized spacial score (nSPS) is 9.00. The van der Waals surface area contributed by atoms with Crippen LogP contribution in [0, 0.1) is 0 Å². The SMILES string of the molecule is C[O][Al-]([O]C)[O]C.[Na+]. The molecule has 0 fully saturated rings. The van der Waals surface area contributed by atoms with Crippen LogP contribution in [0.5, 0.6) is 0 Å². The summed E-state index contributed by atoms with van der Waals surface area (Å²) < 4.78 is 14.2. The van der Waals surface area contributed by atoms with Crippen molar-refractivity contribution in [1.82, 2.24) is 0 Å². The van der Waals surface area contributed by atoms with Crippen LogP contribution in [0.4, 0.5) is 0 Å². The van der Waals surface area contributed by atoms with Crippen molar-refractivity contribution in [3.05, 3.63) is 0 Å². The zero-order valence-corrected chi connectivity index (χ0v) is 8.96. The summed E-state index contributed by atoms with van der Waals surface area (Å²) in [4.78, 5) is 0. The molecule has 1 radical (unpaired) electrons. The Balaban J connectivity index is 0. The fraction of sp³-hybridized carbons (Fsp3) is 1.00. The first-order valence-electron chi connectivity index (χ1n) is 1.93. The second kappa shape index (κ2) is 8.41. The van der Waals surface area contributed by atoms with E-state index in [0.29, 0.717) is 0 Å². The molecule has 0 saturated heterocycles. The van der Waals surface area contributed by atoms with Crippen molar-refractivity contribution in [2.45, 2.75) is 0 Å². The number of rotatable bonds is 3. The predicted molar refractivity (Wildman–Crippen MR) is 26.8 cm³/mol. The van der Waals surface area contributed by atoms with E-state index in [1.54, 1.807) is 21.3 Å². The monoisotopic (exact) mass is 143 g/mol. The zero-order chi connectivity index (χ0) is 5.70. The van der Waals surface area contributed by atoms with Gasteiger partial charge in [0.2, 0.25) is 0 Å². The Kier molecular flexibility index (Phi) is 12.7. The first kappa shape index (κ1) is 12.1. The summed E-state index contributed by atoms with van der Waals surface area (Å²) in [6.07, 6.45) is 0. The summed E-state index contributed by atoms with van der Waals surface area (Å²) >= 11 is -1.67. The Labute approximate surface area is 77.0 Å². The third kappa shape index (κ3) is 5.55. The number of hydrogen-bond acceptors (Lipinski definition) is 3. The van der Waals surface area contributed by atoms with Gasteiger partial charge in [0.05, 0.1) is 0 Å². The van der Waals surface area contributed by atoms with E-state index >= 15 is 0 Å². The smallest absolute Gasteiger partial charge is 0.636 e. The fourth-order valence-corrected chi connectivity index (χ4v) is 0.866. The van der Waals surface area contributed by atoms with Gasteiger partial charge in [-0.25, -0.2) is 0 Å². The molecule has 0 saturated carbocycles. The Bertz CT molecular complexity index is 36.0. The molecular formula is C3H9AlNaO3. The molecule has 0 aromatic rings. The Morgan fingerprint density at radius 3 is 1.12 bits per heavy atom. The van der Waals surface area contributed by atoms with Gasteiger partial charge in [0, 0.05) is 0 Å². The Hall–Kier alpha value is 1.41. The van der Waals surface area contributed by atoms with E-state index < -0.39 is 15.1 Å². The van der Waals surface area contributed by atoms with Crippen LogP contribution in [0.15, 0.2) is 0 Å². The van der Waals surface area contributed by atoms with Crippen molar-refractivity contribution in [2.75, 3.05) is 21.3 Å². The van der Waals surface area contributed by atoms with Crippen LogP contribution in [0.25, 0.3) is 0 Å². The van der Waals surface area contributed by atoms with Crippen LogP contribution in [0.1, 0.15) is 0 Å². The van der Waals surface area contributed by atoms with Crippen molar-refractivity contribution in [2.24, 2.45) is 0 Å². The van der Waals surface area contributed by atoms with Gasteiger partial charge in [-0.15, -0.1) is 0 Å². The quantitative estimate of drug-likeness (QED) is 0.392. The molecule has 0 aliphatic heterocycles. The maximum Gasteiger partial charge on any atom is 1.00 e. The first-order chi connectivity index (χ1) is 3.35. The molecule has 0 aromatic heterocycles. The molecule has 8 heavy (non-hydrogen) atoms. The van der Waals surface area contributed by atoms with Gasteiger partial charge in [-0.2, -0.15) is 0 Å². The van der Waals surface area contributed by atoms with Crippen molar-refractivity contribution in [3.8, 4) is 0 Å². The topological polar surface area (TPSA) is 27.7 Å². The Morgan fingerprint density at radius 1 is 0.875 bits per heavy atom. The van der Waals surface area contributed by atoms with Gasteiger partial charge in [0.1, 0.15) is 0 Å². The van der Waals surface area contributed by atoms with Gasteiger partial charge in [0.25, 0.3) is 0 Å². The second-order valence-corrected chi connectivity index (χ2v) is 2.99. The standard InChI is InChI=1S/3CH3O.Al.Na/c3*1-2;;/h3*1H3;;/q3*-1;+2;+1. The van der Waals surface area contributed by atoms with Gasteiger partial charge < -0.3 is 11.4 Å². The third-order valence-electron chi connectivity index (χ3n) is 0.577. The van der Waals surface area contributed by atoms with Crippen molar-refractivity contribution < 1.29 is 40.9 Å². The minimum absolute atomic E-state index is 0. The summed E-state index contributed by atoms with van der Waals surface area (Å²) in [6, 6.07) is 0. The maximum atomic E-state index is 4.74. The van der Waals surface area contributed by atoms with Crippen LogP contribution < -0.4 is 29.6 Å². The summed E-state index contributed by atoms with van der Waals surface area (Å²) in [5.41, 5.74) is 0. The van der Waals surface area contributed by atoms with Crippen molar-refractivity contribution >= 4 is 15.1 Å². The van der Waals surface area contributed by atoms with Crippen molar-refractivity contribution in [1.29, 1.82) is 0 Å². The van der Waals surface area contributed by atoms with E-state index in [4.69, 9.17) is 11.4 Å². The van der Waals surface area contributed by atoms with Crippen LogP contribution in [0.3, 0.4) is 0 Å². The summed E-state index contributed by atoms with van der Waals surface area (Å²) in [6.45, 7) is 0. The first-order valence-corrected chi connectivity index (χ1v) is 3.35. The van der Waals surface area contributed by atoms with E-state index in [1.165, 1.54) is 0 Å². The second-order valence-electron chi connectivity index (χ2n) is 0.996. The minimum atomic E-state index is -1.67. The summed E-state index contributed by atoms with van der Waals surface area (Å²) in [7, 11) is 4.72. The summed E-state index contributed by atoms with van der Waals surface area (Å²) in [5.74, 6) is 0. The average molecular weight is 143 g/mol. The molecule has 0 rings (SSSR count). The van der Waals surface area contributed by atoms with E-state index in [9.17, 15) is 0 Å². The molecule has 0 spiro atoms. The van der Waals surface area contributed by atoms with Gasteiger partial charge in [-0.3, -0.25) is 0 Å². The summed E-state index contributed by atoms with van der Waals surface area (Å²) in [5, 5.41) is 0. The molecule has 0 aliphatic rings. The molecule has 0 amide bonds. The molecule has 43 valence electrons. The molecular weight excluding hydrogens is 134 g/mol. The van der Waals surface area contributed by atoms with Gasteiger partial charge in [-0.1, -0.05) is 0 Å².